The molecule has 3 heteroatoms. The van der Waals surface area contributed by atoms with Crippen LogP contribution in [-0.4, -0.2) is 4.98 Å². The molecule has 0 aliphatic rings. The Bertz CT molecular complexity index is 483. The van der Waals surface area contributed by atoms with Crippen molar-refractivity contribution in [1.82, 2.24) is 4.98 Å². The average Bonchev–Trinajstić information content (AvgIpc) is 2.33. The molecule has 0 saturated heterocycles. The Hall–Kier alpha value is -1.38. The van der Waals surface area contributed by atoms with Gasteiger partial charge < -0.3 is 5.73 Å². The highest BCUT2D eigenvalue weighted by molar-refractivity contribution is 6.31. The number of pyridine rings is 1. The smallest absolute Gasteiger partial charge is 0.0553 e. The average molecular weight is 233 g/mol. The van der Waals surface area contributed by atoms with Crippen molar-refractivity contribution >= 4 is 11.6 Å². The number of nitrogens with two attached hydrogens (primary N) is 1. The minimum Gasteiger partial charge on any atom is -0.320 e. The summed E-state index contributed by atoms with van der Waals surface area (Å²) in [6.07, 6.45) is 3.48. The molecule has 0 amide bonds. The Morgan fingerprint density at radius 2 is 1.81 bits per heavy atom. The number of benzene rings is 1. The van der Waals surface area contributed by atoms with Crippen LogP contribution in [0.1, 0.15) is 22.7 Å². The summed E-state index contributed by atoms with van der Waals surface area (Å²) in [6, 6.07) is 9.59. The molecule has 1 heterocycles. The van der Waals surface area contributed by atoms with Gasteiger partial charge in [-0.1, -0.05) is 23.7 Å². The highest BCUT2D eigenvalue weighted by Crippen LogP contribution is 2.23. The normalized spacial score (nSPS) is 12.4. The molecule has 1 atom stereocenters. The Balaban J connectivity index is 2.34. The fourth-order valence-electron chi connectivity index (χ4n) is 1.57. The van der Waals surface area contributed by atoms with Crippen molar-refractivity contribution in [3.63, 3.8) is 0 Å². The van der Waals surface area contributed by atoms with Crippen molar-refractivity contribution < 1.29 is 0 Å². The summed E-state index contributed by atoms with van der Waals surface area (Å²) in [5.74, 6) is 0. The largest absolute Gasteiger partial charge is 0.320 e. The molecule has 2 nitrogen and oxygen atoms in total. The topological polar surface area (TPSA) is 38.9 Å². The summed E-state index contributed by atoms with van der Waals surface area (Å²) in [6.45, 7) is 1.98. The monoisotopic (exact) mass is 232 g/mol. The molecule has 0 aliphatic heterocycles. The van der Waals surface area contributed by atoms with E-state index in [1.165, 1.54) is 0 Å². The quantitative estimate of drug-likeness (QED) is 0.864. The van der Waals surface area contributed by atoms with Gasteiger partial charge >= 0.3 is 0 Å². The molecule has 2 rings (SSSR count). The Morgan fingerprint density at radius 3 is 2.44 bits per heavy atom. The van der Waals surface area contributed by atoms with E-state index in [0.717, 1.165) is 21.7 Å². The first-order valence-electron chi connectivity index (χ1n) is 5.10. The number of aryl methyl sites for hydroxylation is 1. The number of hydrogen-bond acceptors (Lipinski definition) is 2. The minimum absolute atomic E-state index is 0.152. The van der Waals surface area contributed by atoms with Crippen LogP contribution in [-0.2, 0) is 0 Å². The van der Waals surface area contributed by atoms with Crippen LogP contribution in [0, 0.1) is 6.92 Å². The number of aromatic nitrogens is 1. The molecule has 1 unspecified atom stereocenters. The van der Waals surface area contributed by atoms with E-state index in [4.69, 9.17) is 17.3 Å². The van der Waals surface area contributed by atoms with E-state index in [1.807, 2.05) is 37.3 Å². The summed E-state index contributed by atoms with van der Waals surface area (Å²) in [5, 5.41) is 0.752. The number of nitrogens with zero attached hydrogens (tertiary/aromatic N) is 1. The molecule has 0 radical (unpaired) electrons. The predicted molar refractivity (Wildman–Crippen MR) is 66.5 cm³/mol. The molecule has 1 aromatic heterocycles. The van der Waals surface area contributed by atoms with Crippen molar-refractivity contribution in [3.8, 4) is 0 Å². The van der Waals surface area contributed by atoms with Crippen LogP contribution in [0.2, 0.25) is 5.02 Å². The van der Waals surface area contributed by atoms with Crippen LogP contribution in [0.15, 0.2) is 42.7 Å². The van der Waals surface area contributed by atoms with Gasteiger partial charge in [-0.05, 0) is 41.8 Å². The maximum atomic E-state index is 6.15. The third-order valence-electron chi connectivity index (χ3n) is 2.62. The molecule has 82 valence electrons. The second-order valence-corrected chi connectivity index (χ2v) is 4.17. The lowest BCUT2D eigenvalue weighted by Gasteiger charge is -2.13. The predicted octanol–water partition coefficient (Wildman–Crippen LogP) is 3.09. The zero-order chi connectivity index (χ0) is 11.5. The van der Waals surface area contributed by atoms with Crippen LogP contribution in [0.4, 0.5) is 0 Å². The molecule has 0 aliphatic carbocycles. The van der Waals surface area contributed by atoms with Gasteiger partial charge in [-0.3, -0.25) is 4.98 Å². The molecule has 0 spiro atoms. The van der Waals surface area contributed by atoms with E-state index in [0.29, 0.717) is 0 Å². The van der Waals surface area contributed by atoms with Gasteiger partial charge in [0, 0.05) is 17.4 Å². The number of halogens is 1. The molecule has 1 aromatic carbocycles. The van der Waals surface area contributed by atoms with E-state index in [-0.39, 0.29) is 6.04 Å². The summed E-state index contributed by atoms with van der Waals surface area (Å²) in [7, 11) is 0. The van der Waals surface area contributed by atoms with Gasteiger partial charge in [0.1, 0.15) is 0 Å². The van der Waals surface area contributed by atoms with Crippen molar-refractivity contribution in [2.24, 2.45) is 5.73 Å². The van der Waals surface area contributed by atoms with Crippen LogP contribution in [0.25, 0.3) is 0 Å². The van der Waals surface area contributed by atoms with Crippen LogP contribution in [0.5, 0.6) is 0 Å². The van der Waals surface area contributed by atoms with Crippen molar-refractivity contribution in [3.05, 3.63) is 64.4 Å². The SMILES string of the molecule is Cc1ccc(C(N)c2ccncc2)cc1Cl. The maximum absolute atomic E-state index is 6.15. The third kappa shape index (κ3) is 2.23. The first kappa shape index (κ1) is 11.1. The van der Waals surface area contributed by atoms with Crippen LogP contribution >= 0.6 is 11.6 Å². The molecular weight excluding hydrogens is 220 g/mol. The molecule has 2 N–H and O–H groups in total. The van der Waals surface area contributed by atoms with E-state index in [2.05, 4.69) is 4.98 Å². The standard InChI is InChI=1S/C13H13ClN2/c1-9-2-3-11(8-12(9)14)13(15)10-4-6-16-7-5-10/h2-8,13H,15H2,1H3. The van der Waals surface area contributed by atoms with E-state index in [1.54, 1.807) is 12.4 Å². The zero-order valence-corrected chi connectivity index (χ0v) is 9.78. The minimum atomic E-state index is -0.152. The highest BCUT2D eigenvalue weighted by atomic mass is 35.5. The number of rotatable bonds is 2. The summed E-state index contributed by atoms with van der Waals surface area (Å²) >= 11 is 6.08. The fraction of sp³-hybridized carbons (Fsp3) is 0.154. The Labute approximate surface area is 100 Å². The Kier molecular flexibility index (Phi) is 3.22. The lowest BCUT2D eigenvalue weighted by atomic mass is 10.00. The van der Waals surface area contributed by atoms with Crippen molar-refractivity contribution in [1.29, 1.82) is 0 Å². The van der Waals surface area contributed by atoms with Crippen LogP contribution in [0.3, 0.4) is 0 Å². The van der Waals surface area contributed by atoms with E-state index >= 15 is 0 Å². The molecular formula is C13H13ClN2. The Morgan fingerprint density at radius 1 is 1.12 bits per heavy atom. The molecule has 0 saturated carbocycles. The van der Waals surface area contributed by atoms with Crippen molar-refractivity contribution in [2.75, 3.05) is 0 Å². The molecule has 0 fully saturated rings. The van der Waals surface area contributed by atoms with E-state index in [9.17, 15) is 0 Å². The lowest BCUT2D eigenvalue weighted by molar-refractivity contribution is 0.867. The highest BCUT2D eigenvalue weighted by Gasteiger charge is 2.09. The first-order chi connectivity index (χ1) is 7.68. The van der Waals surface area contributed by atoms with Gasteiger partial charge in [-0.2, -0.15) is 0 Å². The third-order valence-corrected chi connectivity index (χ3v) is 3.03. The van der Waals surface area contributed by atoms with Gasteiger partial charge in [-0.25, -0.2) is 0 Å². The van der Waals surface area contributed by atoms with Gasteiger partial charge in [0.2, 0.25) is 0 Å². The van der Waals surface area contributed by atoms with Gasteiger partial charge in [0.25, 0.3) is 0 Å². The van der Waals surface area contributed by atoms with Crippen LogP contribution < -0.4 is 5.73 Å². The molecule has 2 aromatic rings. The van der Waals surface area contributed by atoms with Gasteiger partial charge in [0.05, 0.1) is 6.04 Å². The maximum Gasteiger partial charge on any atom is 0.0553 e. The first-order valence-corrected chi connectivity index (χ1v) is 5.48. The fourth-order valence-corrected chi connectivity index (χ4v) is 1.75. The van der Waals surface area contributed by atoms with E-state index < -0.39 is 0 Å². The molecule has 16 heavy (non-hydrogen) atoms. The number of hydrogen-bond donors (Lipinski definition) is 1. The van der Waals surface area contributed by atoms with Crippen molar-refractivity contribution in [2.45, 2.75) is 13.0 Å². The molecule has 0 bridgehead atoms. The summed E-state index contributed by atoms with van der Waals surface area (Å²) < 4.78 is 0. The zero-order valence-electron chi connectivity index (χ0n) is 9.02. The van der Waals surface area contributed by atoms with Gasteiger partial charge in [-0.15, -0.1) is 0 Å². The lowest BCUT2D eigenvalue weighted by Crippen LogP contribution is -2.11. The summed E-state index contributed by atoms with van der Waals surface area (Å²) in [4.78, 5) is 3.97. The second-order valence-electron chi connectivity index (χ2n) is 3.77. The second kappa shape index (κ2) is 4.64. The van der Waals surface area contributed by atoms with Gasteiger partial charge in [0.15, 0.2) is 0 Å². The summed E-state index contributed by atoms with van der Waals surface area (Å²) in [5.41, 5.74) is 9.26.